The fraction of sp³-hybridized carbons (Fsp3) is 0.435. The summed E-state index contributed by atoms with van der Waals surface area (Å²) in [6.07, 6.45) is 5.34. The van der Waals surface area contributed by atoms with Crippen LogP contribution < -0.4 is 4.90 Å². The molecule has 2 atom stereocenters. The van der Waals surface area contributed by atoms with Gasteiger partial charge in [-0.25, -0.2) is 0 Å². The Kier molecular flexibility index (Phi) is 4.82. The molecule has 1 aliphatic carbocycles. The van der Waals surface area contributed by atoms with E-state index in [4.69, 9.17) is 4.74 Å². The van der Waals surface area contributed by atoms with E-state index in [-0.39, 0.29) is 5.41 Å². The van der Waals surface area contributed by atoms with Crippen molar-refractivity contribution in [3.8, 4) is 0 Å². The molecule has 3 nitrogen and oxygen atoms in total. The second-order valence-corrected chi connectivity index (χ2v) is 7.72. The first-order valence-corrected chi connectivity index (χ1v) is 9.69. The molecule has 1 aliphatic heterocycles. The Morgan fingerprint density at radius 3 is 2.69 bits per heavy atom. The molecule has 26 heavy (non-hydrogen) atoms. The maximum absolute atomic E-state index is 13.6. The summed E-state index contributed by atoms with van der Waals surface area (Å²) in [5, 5.41) is 0. The zero-order valence-electron chi connectivity index (χ0n) is 15.5. The molecule has 0 bridgehead atoms. The molecule has 136 valence electrons. The van der Waals surface area contributed by atoms with Gasteiger partial charge in [0.1, 0.15) is 0 Å². The molecule has 1 amide bonds. The Morgan fingerprint density at radius 2 is 1.88 bits per heavy atom. The lowest BCUT2D eigenvalue weighted by Gasteiger charge is -2.24. The van der Waals surface area contributed by atoms with Crippen LogP contribution in [-0.4, -0.2) is 19.6 Å². The van der Waals surface area contributed by atoms with E-state index < -0.39 is 0 Å². The standard InChI is InChI=1S/C23H27NO2/c1-26-15-7-10-18-13-14-23(16-18)20-11-5-6-12-21(20)24(22(23)25)17-19-8-3-2-4-9-19/h2-6,8-9,11-12,18H,7,10,13-17H2,1H3/t18-,23+/m0/s1. The predicted octanol–water partition coefficient (Wildman–Crippen LogP) is 4.70. The first kappa shape index (κ1) is 17.3. The molecule has 1 fully saturated rings. The van der Waals surface area contributed by atoms with Crippen molar-refractivity contribution in [3.05, 3.63) is 65.7 Å². The van der Waals surface area contributed by atoms with Gasteiger partial charge in [-0.1, -0.05) is 48.5 Å². The Labute approximate surface area is 156 Å². The van der Waals surface area contributed by atoms with Crippen LogP contribution in [-0.2, 0) is 21.5 Å². The SMILES string of the molecule is COCCC[C@H]1CC[C@]2(C1)C(=O)N(Cc1ccccc1)c1ccccc12. The number of fused-ring (bicyclic) bond motifs is 2. The van der Waals surface area contributed by atoms with E-state index in [1.807, 2.05) is 29.2 Å². The molecule has 0 unspecified atom stereocenters. The van der Waals surface area contributed by atoms with E-state index in [9.17, 15) is 4.79 Å². The third-order valence-electron chi connectivity index (χ3n) is 6.13. The highest BCUT2D eigenvalue weighted by Crippen LogP contribution is 2.54. The largest absolute Gasteiger partial charge is 0.385 e. The van der Waals surface area contributed by atoms with Gasteiger partial charge in [0.15, 0.2) is 0 Å². The van der Waals surface area contributed by atoms with Crippen molar-refractivity contribution in [2.45, 2.75) is 44.1 Å². The molecule has 0 saturated heterocycles. The quantitative estimate of drug-likeness (QED) is 0.708. The van der Waals surface area contributed by atoms with Gasteiger partial charge < -0.3 is 9.64 Å². The average molecular weight is 349 g/mol. The maximum Gasteiger partial charge on any atom is 0.238 e. The highest BCUT2D eigenvalue weighted by Gasteiger charge is 2.54. The fourth-order valence-electron chi connectivity index (χ4n) is 4.87. The summed E-state index contributed by atoms with van der Waals surface area (Å²) in [5.41, 5.74) is 3.24. The number of methoxy groups -OCH3 is 1. The van der Waals surface area contributed by atoms with Crippen LogP contribution in [0.1, 0.15) is 43.2 Å². The number of hydrogen-bond acceptors (Lipinski definition) is 2. The monoisotopic (exact) mass is 349 g/mol. The molecule has 2 aromatic carbocycles. The van der Waals surface area contributed by atoms with Gasteiger partial charge in [0.05, 0.1) is 12.0 Å². The summed E-state index contributed by atoms with van der Waals surface area (Å²) in [4.78, 5) is 15.6. The van der Waals surface area contributed by atoms with Crippen molar-refractivity contribution in [1.29, 1.82) is 0 Å². The zero-order valence-corrected chi connectivity index (χ0v) is 15.5. The van der Waals surface area contributed by atoms with Crippen LogP contribution in [0.25, 0.3) is 0 Å². The van der Waals surface area contributed by atoms with Gasteiger partial charge in [-0.05, 0) is 55.2 Å². The van der Waals surface area contributed by atoms with E-state index in [1.54, 1.807) is 7.11 Å². The number of amides is 1. The molecule has 1 heterocycles. The number of ether oxygens (including phenoxy) is 1. The van der Waals surface area contributed by atoms with Gasteiger partial charge in [0.25, 0.3) is 0 Å². The van der Waals surface area contributed by atoms with Crippen molar-refractivity contribution in [1.82, 2.24) is 0 Å². The van der Waals surface area contributed by atoms with Crippen molar-refractivity contribution >= 4 is 11.6 Å². The van der Waals surface area contributed by atoms with Gasteiger partial charge in [0.2, 0.25) is 5.91 Å². The second kappa shape index (κ2) is 7.24. The minimum atomic E-state index is -0.302. The number of carbonyl (C=O) groups excluding carboxylic acids is 1. The zero-order chi connectivity index (χ0) is 18.0. The van der Waals surface area contributed by atoms with Crippen LogP contribution in [0.5, 0.6) is 0 Å². The maximum atomic E-state index is 13.6. The number of anilines is 1. The summed E-state index contributed by atoms with van der Waals surface area (Å²) < 4.78 is 5.20. The second-order valence-electron chi connectivity index (χ2n) is 7.72. The smallest absolute Gasteiger partial charge is 0.238 e. The van der Waals surface area contributed by atoms with Crippen LogP contribution in [0.3, 0.4) is 0 Å². The summed E-state index contributed by atoms with van der Waals surface area (Å²) >= 11 is 0. The number of nitrogens with zero attached hydrogens (tertiary/aromatic N) is 1. The van der Waals surface area contributed by atoms with Crippen LogP contribution in [0.2, 0.25) is 0 Å². The number of para-hydroxylation sites is 1. The number of benzene rings is 2. The summed E-state index contributed by atoms with van der Waals surface area (Å²) in [6, 6.07) is 18.7. The average Bonchev–Trinajstić information content (AvgIpc) is 3.20. The van der Waals surface area contributed by atoms with Gasteiger partial charge in [-0.2, -0.15) is 0 Å². The van der Waals surface area contributed by atoms with Crippen molar-refractivity contribution in [2.75, 3.05) is 18.6 Å². The Balaban J connectivity index is 1.60. The molecule has 0 N–H and O–H groups in total. The molecular weight excluding hydrogens is 322 g/mol. The third-order valence-corrected chi connectivity index (χ3v) is 6.13. The third kappa shape index (κ3) is 2.95. The van der Waals surface area contributed by atoms with Gasteiger partial charge in [0, 0.05) is 19.4 Å². The molecule has 4 rings (SSSR count). The molecule has 1 spiro atoms. The lowest BCUT2D eigenvalue weighted by molar-refractivity contribution is -0.123. The lowest BCUT2D eigenvalue weighted by atomic mass is 9.79. The summed E-state index contributed by atoms with van der Waals surface area (Å²) in [5.74, 6) is 0.927. The molecule has 2 aromatic rings. The van der Waals surface area contributed by atoms with Crippen LogP contribution in [0.4, 0.5) is 5.69 Å². The van der Waals surface area contributed by atoms with Gasteiger partial charge in [-0.3, -0.25) is 4.79 Å². The normalized spacial score (nSPS) is 24.4. The lowest BCUT2D eigenvalue weighted by Crippen LogP contribution is -2.38. The Bertz CT molecular complexity index is 773. The molecular formula is C23H27NO2. The molecule has 0 radical (unpaired) electrons. The highest BCUT2D eigenvalue weighted by molar-refractivity contribution is 6.08. The minimum Gasteiger partial charge on any atom is -0.385 e. The predicted molar refractivity (Wildman–Crippen MR) is 104 cm³/mol. The number of hydrogen-bond donors (Lipinski definition) is 0. The van der Waals surface area contributed by atoms with Crippen LogP contribution >= 0.6 is 0 Å². The molecule has 0 aromatic heterocycles. The Hall–Kier alpha value is -2.13. The first-order chi connectivity index (χ1) is 12.7. The van der Waals surface area contributed by atoms with Crippen molar-refractivity contribution in [2.24, 2.45) is 5.92 Å². The minimum absolute atomic E-state index is 0.302. The fourth-order valence-corrected chi connectivity index (χ4v) is 4.87. The van der Waals surface area contributed by atoms with Crippen molar-refractivity contribution < 1.29 is 9.53 Å². The summed E-state index contributed by atoms with van der Waals surface area (Å²) in [6.45, 7) is 1.47. The van der Waals surface area contributed by atoms with Gasteiger partial charge in [-0.15, -0.1) is 0 Å². The van der Waals surface area contributed by atoms with Crippen molar-refractivity contribution in [3.63, 3.8) is 0 Å². The summed E-state index contributed by atoms with van der Waals surface area (Å²) in [7, 11) is 1.76. The number of carbonyl (C=O) groups is 1. The van der Waals surface area contributed by atoms with E-state index in [0.29, 0.717) is 18.4 Å². The Morgan fingerprint density at radius 1 is 1.12 bits per heavy atom. The first-order valence-electron chi connectivity index (χ1n) is 9.69. The highest BCUT2D eigenvalue weighted by atomic mass is 16.5. The molecule has 1 saturated carbocycles. The van der Waals surface area contributed by atoms with Gasteiger partial charge >= 0.3 is 0 Å². The topological polar surface area (TPSA) is 29.5 Å². The van der Waals surface area contributed by atoms with E-state index in [1.165, 1.54) is 11.1 Å². The van der Waals surface area contributed by atoms with E-state index in [0.717, 1.165) is 44.4 Å². The molecule has 3 heteroatoms. The van der Waals surface area contributed by atoms with Crippen LogP contribution in [0, 0.1) is 5.92 Å². The van der Waals surface area contributed by atoms with E-state index >= 15 is 0 Å². The van der Waals surface area contributed by atoms with E-state index in [2.05, 4.69) is 30.3 Å². The van der Waals surface area contributed by atoms with Crippen LogP contribution in [0.15, 0.2) is 54.6 Å². The number of rotatable bonds is 6. The molecule has 2 aliphatic rings.